The van der Waals surface area contributed by atoms with Crippen LogP contribution in [-0.2, 0) is 4.79 Å². The molecule has 3 rings (SSSR count). The van der Waals surface area contributed by atoms with Crippen molar-refractivity contribution in [1.82, 2.24) is 4.90 Å². The van der Waals surface area contributed by atoms with Crippen molar-refractivity contribution < 1.29 is 23.5 Å². The summed E-state index contributed by atoms with van der Waals surface area (Å²) in [5.74, 6) is -2.04. The third-order valence-electron chi connectivity index (χ3n) is 4.66. The largest absolute Gasteiger partial charge is 0.481 e. The van der Waals surface area contributed by atoms with Gasteiger partial charge in [0.25, 0.3) is 5.91 Å². The topological polar surface area (TPSA) is 70.8 Å². The smallest absolute Gasteiger partial charge is 0.308 e. The summed E-state index contributed by atoms with van der Waals surface area (Å²) in [4.78, 5) is 25.7. The summed E-state index contributed by atoms with van der Waals surface area (Å²) in [6.07, 6.45) is 1.20. The van der Waals surface area contributed by atoms with Gasteiger partial charge in [0.1, 0.15) is 11.4 Å². The molecule has 0 spiro atoms. The predicted octanol–water partition coefficient (Wildman–Crippen LogP) is 3.21. The van der Waals surface area contributed by atoms with E-state index in [9.17, 15) is 19.1 Å². The van der Waals surface area contributed by atoms with E-state index < -0.39 is 23.7 Å². The molecular weight excluding hydrogens is 301 g/mol. The van der Waals surface area contributed by atoms with Crippen LogP contribution < -0.4 is 0 Å². The van der Waals surface area contributed by atoms with Crippen LogP contribution in [0.4, 0.5) is 4.39 Å². The molecule has 1 saturated heterocycles. The van der Waals surface area contributed by atoms with Crippen molar-refractivity contribution in [2.45, 2.75) is 32.7 Å². The fourth-order valence-corrected chi connectivity index (χ4v) is 3.29. The van der Waals surface area contributed by atoms with Gasteiger partial charge in [-0.1, -0.05) is 0 Å². The number of hydrogen-bond donors (Lipinski definition) is 1. The fraction of sp³-hybridized carbons (Fsp3) is 0.412. The van der Waals surface area contributed by atoms with E-state index in [1.807, 2.05) is 0 Å². The number of carbonyl (C=O) groups excluding carboxylic acids is 1. The van der Waals surface area contributed by atoms with Crippen LogP contribution in [-0.4, -0.2) is 34.5 Å². The molecule has 1 aromatic heterocycles. The van der Waals surface area contributed by atoms with Gasteiger partial charge < -0.3 is 14.4 Å². The molecule has 2 heterocycles. The zero-order valence-corrected chi connectivity index (χ0v) is 13.0. The number of aliphatic carboxylic acids is 1. The van der Waals surface area contributed by atoms with Crippen molar-refractivity contribution in [1.29, 1.82) is 0 Å². The number of nitrogens with zero attached hydrogens (tertiary/aromatic N) is 1. The monoisotopic (exact) mass is 319 g/mol. The number of hydrogen-bond acceptors (Lipinski definition) is 3. The molecule has 0 saturated carbocycles. The molecule has 2 aromatic rings. The van der Waals surface area contributed by atoms with E-state index in [0.717, 1.165) is 0 Å². The minimum atomic E-state index is -0.890. The molecule has 23 heavy (non-hydrogen) atoms. The van der Waals surface area contributed by atoms with E-state index in [0.29, 0.717) is 35.9 Å². The number of amides is 1. The van der Waals surface area contributed by atoms with Crippen LogP contribution >= 0.6 is 0 Å². The second kappa shape index (κ2) is 5.68. The summed E-state index contributed by atoms with van der Waals surface area (Å²) >= 11 is 0. The molecule has 0 aliphatic carbocycles. The first kappa shape index (κ1) is 15.5. The third kappa shape index (κ3) is 2.58. The normalized spacial score (nSPS) is 21.6. The highest BCUT2D eigenvalue weighted by Gasteiger charge is 2.37. The van der Waals surface area contributed by atoms with Crippen LogP contribution in [0.2, 0.25) is 0 Å². The van der Waals surface area contributed by atoms with E-state index in [4.69, 9.17) is 4.42 Å². The molecule has 1 aromatic carbocycles. The molecule has 1 N–H and O–H groups in total. The van der Waals surface area contributed by atoms with Gasteiger partial charge in [-0.3, -0.25) is 9.59 Å². The van der Waals surface area contributed by atoms with Gasteiger partial charge in [0.15, 0.2) is 5.76 Å². The Balaban J connectivity index is 1.97. The fourth-order valence-electron chi connectivity index (χ4n) is 3.29. The maximum absolute atomic E-state index is 13.4. The maximum atomic E-state index is 13.4. The lowest BCUT2D eigenvalue weighted by atomic mass is 9.90. The van der Waals surface area contributed by atoms with E-state index >= 15 is 0 Å². The Hall–Kier alpha value is -2.37. The lowest BCUT2D eigenvalue weighted by Gasteiger charge is -2.37. The third-order valence-corrected chi connectivity index (χ3v) is 4.66. The van der Waals surface area contributed by atoms with Gasteiger partial charge in [-0.25, -0.2) is 4.39 Å². The molecule has 2 atom stereocenters. The van der Waals surface area contributed by atoms with Crippen LogP contribution in [0.15, 0.2) is 22.6 Å². The van der Waals surface area contributed by atoms with Gasteiger partial charge in [-0.2, -0.15) is 0 Å². The average Bonchev–Trinajstić information content (AvgIpc) is 2.83. The molecule has 6 heteroatoms. The minimum Gasteiger partial charge on any atom is -0.481 e. The van der Waals surface area contributed by atoms with E-state index in [2.05, 4.69) is 0 Å². The van der Waals surface area contributed by atoms with Crippen LogP contribution in [0.5, 0.6) is 0 Å². The Labute approximate surface area is 132 Å². The molecule has 0 radical (unpaired) electrons. The zero-order chi connectivity index (χ0) is 16.7. The number of likely N-dealkylation sites (tertiary alicyclic amines) is 1. The van der Waals surface area contributed by atoms with Gasteiger partial charge in [-0.05, 0) is 44.9 Å². The number of aryl methyl sites for hydroxylation is 1. The SMILES string of the molecule is Cc1c(C(=O)N2CCC[C@@H](C(=O)O)[C@H]2C)oc2ccc(F)cc12. The lowest BCUT2D eigenvalue weighted by molar-refractivity contribution is -0.145. The molecule has 5 nitrogen and oxygen atoms in total. The standard InChI is InChI=1S/C17H18FNO4/c1-9-13-8-11(18)5-6-14(13)23-15(9)16(20)19-7-3-4-12(10(19)2)17(21)22/h5-6,8,10,12H,3-4,7H2,1-2H3,(H,21,22)/t10-,12-/m1/s1. The van der Waals surface area contributed by atoms with Crippen LogP contribution in [0.1, 0.15) is 35.9 Å². The van der Waals surface area contributed by atoms with Crippen LogP contribution in [0.25, 0.3) is 11.0 Å². The number of halogens is 1. The Kier molecular flexibility index (Phi) is 3.83. The van der Waals surface area contributed by atoms with Gasteiger partial charge in [0.05, 0.1) is 5.92 Å². The van der Waals surface area contributed by atoms with Gasteiger partial charge >= 0.3 is 5.97 Å². The molecule has 122 valence electrons. The summed E-state index contributed by atoms with van der Waals surface area (Å²) in [6, 6.07) is 3.71. The van der Waals surface area contributed by atoms with Crippen molar-refractivity contribution in [3.05, 3.63) is 35.3 Å². The molecular formula is C17H18FNO4. The second-order valence-electron chi connectivity index (χ2n) is 6.02. The summed E-state index contributed by atoms with van der Waals surface area (Å²) in [7, 11) is 0. The van der Waals surface area contributed by atoms with Crippen molar-refractivity contribution in [2.24, 2.45) is 5.92 Å². The number of carboxylic acid groups (broad SMARTS) is 1. The highest BCUT2D eigenvalue weighted by atomic mass is 19.1. The predicted molar refractivity (Wildman–Crippen MR) is 81.8 cm³/mol. The summed E-state index contributed by atoms with van der Waals surface area (Å²) in [5, 5.41) is 9.84. The summed E-state index contributed by atoms with van der Waals surface area (Å²) in [6.45, 7) is 3.95. The first-order chi connectivity index (χ1) is 10.9. The molecule has 1 amide bonds. The van der Waals surface area contributed by atoms with Crippen molar-refractivity contribution in [3.8, 4) is 0 Å². The van der Waals surface area contributed by atoms with Gasteiger partial charge in [0, 0.05) is 23.5 Å². The number of furan rings is 1. The average molecular weight is 319 g/mol. The quantitative estimate of drug-likeness (QED) is 0.922. The second-order valence-corrected chi connectivity index (χ2v) is 6.02. The summed E-state index contributed by atoms with van der Waals surface area (Å²) in [5.41, 5.74) is 1.03. The minimum absolute atomic E-state index is 0.156. The van der Waals surface area contributed by atoms with Crippen molar-refractivity contribution in [3.63, 3.8) is 0 Å². The zero-order valence-electron chi connectivity index (χ0n) is 13.0. The Bertz CT molecular complexity index is 782. The molecule has 0 unspecified atom stereocenters. The van der Waals surface area contributed by atoms with Crippen molar-refractivity contribution in [2.75, 3.05) is 6.54 Å². The summed E-state index contributed by atoms with van der Waals surface area (Å²) < 4.78 is 19.0. The lowest BCUT2D eigenvalue weighted by Crippen LogP contribution is -2.49. The highest BCUT2D eigenvalue weighted by molar-refractivity contribution is 5.99. The van der Waals surface area contributed by atoms with Crippen LogP contribution in [0.3, 0.4) is 0 Å². The van der Waals surface area contributed by atoms with E-state index in [1.54, 1.807) is 18.7 Å². The number of carboxylic acids is 1. The van der Waals surface area contributed by atoms with Crippen molar-refractivity contribution >= 4 is 22.8 Å². The Morgan fingerprint density at radius 2 is 2.13 bits per heavy atom. The van der Waals surface area contributed by atoms with Crippen LogP contribution in [0, 0.1) is 18.7 Å². The molecule has 0 bridgehead atoms. The first-order valence-corrected chi connectivity index (χ1v) is 7.62. The van der Waals surface area contributed by atoms with E-state index in [1.165, 1.54) is 18.2 Å². The highest BCUT2D eigenvalue weighted by Crippen LogP contribution is 2.30. The first-order valence-electron chi connectivity index (χ1n) is 7.62. The number of fused-ring (bicyclic) bond motifs is 1. The van der Waals surface area contributed by atoms with Gasteiger partial charge in [-0.15, -0.1) is 0 Å². The maximum Gasteiger partial charge on any atom is 0.308 e. The number of benzene rings is 1. The van der Waals surface area contributed by atoms with E-state index in [-0.39, 0.29) is 11.7 Å². The number of carbonyl (C=O) groups is 2. The molecule has 1 fully saturated rings. The van der Waals surface area contributed by atoms with Gasteiger partial charge in [0.2, 0.25) is 0 Å². The number of piperidine rings is 1. The number of rotatable bonds is 2. The molecule has 1 aliphatic rings. The Morgan fingerprint density at radius 3 is 2.83 bits per heavy atom. The Morgan fingerprint density at radius 1 is 1.39 bits per heavy atom. The molecule has 1 aliphatic heterocycles.